The summed E-state index contributed by atoms with van der Waals surface area (Å²) in [6, 6.07) is 11.0. The molecule has 6 heteroatoms. The lowest BCUT2D eigenvalue weighted by Crippen LogP contribution is -2.12. The first-order valence-corrected chi connectivity index (χ1v) is 7.45. The smallest absolute Gasteiger partial charge is 0.258 e. The summed E-state index contributed by atoms with van der Waals surface area (Å²) in [5, 5.41) is 6.88. The molecule has 0 bridgehead atoms. The van der Waals surface area contributed by atoms with E-state index in [-0.39, 0.29) is 11.8 Å². The molecule has 1 amide bonds. The molecule has 1 aliphatic rings. The molecule has 0 saturated heterocycles. The van der Waals surface area contributed by atoms with E-state index in [0.717, 1.165) is 29.7 Å². The van der Waals surface area contributed by atoms with Crippen LogP contribution in [-0.4, -0.2) is 21.0 Å². The van der Waals surface area contributed by atoms with E-state index >= 15 is 0 Å². The molecule has 4 rings (SSSR count). The van der Waals surface area contributed by atoms with Gasteiger partial charge in [-0.05, 0) is 49.2 Å². The van der Waals surface area contributed by atoms with Crippen molar-refractivity contribution in [3.63, 3.8) is 0 Å². The Labute approximate surface area is 132 Å². The standard InChI is InChI=1S/C17H14N4O2/c22-16(12-1-2-12)19-14-5-3-13(4-6-14)17-20-15(21-23-17)11-7-9-18-10-8-11/h3-10,12H,1-2H2,(H,19,22). The fraction of sp³-hybridized carbons (Fsp3) is 0.176. The van der Waals surface area contributed by atoms with Gasteiger partial charge in [-0.25, -0.2) is 0 Å². The van der Waals surface area contributed by atoms with Crippen LogP contribution in [0, 0.1) is 5.92 Å². The first kappa shape index (κ1) is 13.6. The number of aromatic nitrogens is 3. The number of amides is 1. The maximum atomic E-state index is 11.7. The number of nitrogens with one attached hydrogen (secondary N) is 1. The van der Waals surface area contributed by atoms with E-state index in [9.17, 15) is 4.79 Å². The summed E-state index contributed by atoms with van der Waals surface area (Å²) in [6.07, 6.45) is 5.35. The molecule has 1 saturated carbocycles. The van der Waals surface area contributed by atoms with Crippen molar-refractivity contribution in [1.29, 1.82) is 0 Å². The number of pyridine rings is 1. The Morgan fingerprint density at radius 3 is 2.48 bits per heavy atom. The number of hydrogen-bond acceptors (Lipinski definition) is 5. The largest absolute Gasteiger partial charge is 0.334 e. The van der Waals surface area contributed by atoms with Crippen LogP contribution in [0.5, 0.6) is 0 Å². The Balaban J connectivity index is 1.52. The second-order valence-electron chi connectivity index (χ2n) is 5.50. The zero-order chi connectivity index (χ0) is 15.6. The van der Waals surface area contributed by atoms with Gasteiger partial charge < -0.3 is 9.84 Å². The summed E-state index contributed by atoms with van der Waals surface area (Å²) in [4.78, 5) is 20.1. The fourth-order valence-electron chi connectivity index (χ4n) is 2.24. The van der Waals surface area contributed by atoms with Crippen molar-refractivity contribution in [3.8, 4) is 22.8 Å². The second-order valence-corrected chi connectivity index (χ2v) is 5.50. The highest BCUT2D eigenvalue weighted by Gasteiger charge is 2.29. The van der Waals surface area contributed by atoms with Crippen molar-refractivity contribution < 1.29 is 9.32 Å². The Bertz CT molecular complexity index is 823. The maximum Gasteiger partial charge on any atom is 0.258 e. The Morgan fingerprint density at radius 2 is 1.78 bits per heavy atom. The van der Waals surface area contributed by atoms with E-state index in [2.05, 4.69) is 20.4 Å². The molecule has 2 aromatic heterocycles. The molecule has 0 aliphatic heterocycles. The molecule has 1 aliphatic carbocycles. The van der Waals surface area contributed by atoms with Gasteiger partial charge in [-0.3, -0.25) is 9.78 Å². The highest BCUT2D eigenvalue weighted by atomic mass is 16.5. The lowest BCUT2D eigenvalue weighted by atomic mass is 10.2. The van der Waals surface area contributed by atoms with Gasteiger partial charge in [0.05, 0.1) is 0 Å². The number of anilines is 1. The molecule has 1 fully saturated rings. The molecule has 23 heavy (non-hydrogen) atoms. The van der Waals surface area contributed by atoms with Crippen LogP contribution < -0.4 is 5.32 Å². The van der Waals surface area contributed by atoms with Crippen molar-refractivity contribution in [3.05, 3.63) is 48.8 Å². The average Bonchev–Trinajstić information content (AvgIpc) is 3.34. The van der Waals surface area contributed by atoms with Crippen LogP contribution in [-0.2, 0) is 4.79 Å². The van der Waals surface area contributed by atoms with Gasteiger partial charge in [0.1, 0.15) is 0 Å². The monoisotopic (exact) mass is 306 g/mol. The molecule has 3 aromatic rings. The Kier molecular flexibility index (Phi) is 3.34. The second kappa shape index (κ2) is 5.64. The SMILES string of the molecule is O=C(Nc1ccc(-c2nc(-c3ccncc3)no2)cc1)C1CC1. The molecule has 6 nitrogen and oxygen atoms in total. The van der Waals surface area contributed by atoms with Gasteiger partial charge in [0.15, 0.2) is 0 Å². The molecule has 0 unspecified atom stereocenters. The van der Waals surface area contributed by atoms with E-state index in [4.69, 9.17) is 4.52 Å². The van der Waals surface area contributed by atoms with E-state index in [1.807, 2.05) is 36.4 Å². The molecule has 0 radical (unpaired) electrons. The van der Waals surface area contributed by atoms with Crippen molar-refractivity contribution in [2.45, 2.75) is 12.8 Å². The summed E-state index contributed by atoms with van der Waals surface area (Å²) in [5.41, 5.74) is 2.44. The van der Waals surface area contributed by atoms with E-state index in [1.165, 1.54) is 0 Å². The van der Waals surface area contributed by atoms with Gasteiger partial charge in [0, 0.05) is 35.1 Å². The van der Waals surface area contributed by atoms with Crippen LogP contribution in [0.3, 0.4) is 0 Å². The zero-order valence-electron chi connectivity index (χ0n) is 12.3. The number of carbonyl (C=O) groups excluding carboxylic acids is 1. The lowest BCUT2D eigenvalue weighted by molar-refractivity contribution is -0.117. The van der Waals surface area contributed by atoms with Crippen molar-refractivity contribution in [1.82, 2.24) is 15.1 Å². The van der Waals surface area contributed by atoms with Crippen LogP contribution in [0.2, 0.25) is 0 Å². The minimum Gasteiger partial charge on any atom is -0.334 e. The third-order valence-corrected chi connectivity index (χ3v) is 3.71. The summed E-state index contributed by atoms with van der Waals surface area (Å²) in [7, 11) is 0. The van der Waals surface area contributed by atoms with Crippen molar-refractivity contribution in [2.24, 2.45) is 5.92 Å². The maximum absolute atomic E-state index is 11.7. The molecule has 114 valence electrons. The van der Waals surface area contributed by atoms with Crippen LogP contribution >= 0.6 is 0 Å². The van der Waals surface area contributed by atoms with E-state index in [0.29, 0.717) is 11.7 Å². The fourth-order valence-corrected chi connectivity index (χ4v) is 2.24. The quantitative estimate of drug-likeness (QED) is 0.800. The minimum absolute atomic E-state index is 0.0931. The van der Waals surface area contributed by atoms with Gasteiger partial charge in [-0.1, -0.05) is 5.16 Å². The van der Waals surface area contributed by atoms with E-state index < -0.39 is 0 Å². The van der Waals surface area contributed by atoms with Crippen LogP contribution in [0.4, 0.5) is 5.69 Å². The van der Waals surface area contributed by atoms with Gasteiger partial charge >= 0.3 is 0 Å². The number of benzene rings is 1. The molecule has 0 spiro atoms. The predicted molar refractivity (Wildman–Crippen MR) is 84.3 cm³/mol. The number of rotatable bonds is 4. The summed E-state index contributed by atoms with van der Waals surface area (Å²) >= 11 is 0. The Morgan fingerprint density at radius 1 is 1.04 bits per heavy atom. The van der Waals surface area contributed by atoms with E-state index in [1.54, 1.807) is 12.4 Å². The molecular weight excluding hydrogens is 292 g/mol. The topological polar surface area (TPSA) is 80.9 Å². The third kappa shape index (κ3) is 2.96. The molecule has 0 atom stereocenters. The van der Waals surface area contributed by atoms with Gasteiger partial charge in [-0.15, -0.1) is 0 Å². The number of hydrogen-bond donors (Lipinski definition) is 1. The number of carbonyl (C=O) groups is 1. The molecule has 1 N–H and O–H groups in total. The van der Waals surface area contributed by atoms with Gasteiger partial charge in [-0.2, -0.15) is 4.98 Å². The van der Waals surface area contributed by atoms with Crippen molar-refractivity contribution in [2.75, 3.05) is 5.32 Å². The Hall–Kier alpha value is -3.02. The first-order chi connectivity index (χ1) is 11.3. The minimum atomic E-state index is 0.0931. The van der Waals surface area contributed by atoms with Crippen LogP contribution in [0.25, 0.3) is 22.8 Å². The predicted octanol–water partition coefficient (Wildman–Crippen LogP) is 3.15. The summed E-state index contributed by atoms with van der Waals surface area (Å²) in [5.74, 6) is 1.24. The zero-order valence-corrected chi connectivity index (χ0v) is 12.3. The highest BCUT2D eigenvalue weighted by Crippen LogP contribution is 2.30. The molecule has 1 aromatic carbocycles. The third-order valence-electron chi connectivity index (χ3n) is 3.71. The van der Waals surface area contributed by atoms with Crippen LogP contribution in [0.1, 0.15) is 12.8 Å². The highest BCUT2D eigenvalue weighted by molar-refractivity contribution is 5.94. The number of nitrogens with zero attached hydrogens (tertiary/aromatic N) is 3. The normalized spacial score (nSPS) is 13.7. The van der Waals surface area contributed by atoms with Crippen molar-refractivity contribution >= 4 is 11.6 Å². The molecule has 2 heterocycles. The summed E-state index contributed by atoms with van der Waals surface area (Å²) in [6.45, 7) is 0. The van der Waals surface area contributed by atoms with Gasteiger partial charge in [0.25, 0.3) is 5.89 Å². The lowest BCUT2D eigenvalue weighted by Gasteiger charge is -2.04. The average molecular weight is 306 g/mol. The van der Waals surface area contributed by atoms with Crippen LogP contribution in [0.15, 0.2) is 53.3 Å². The molecular formula is C17H14N4O2. The first-order valence-electron chi connectivity index (χ1n) is 7.45. The van der Waals surface area contributed by atoms with Gasteiger partial charge in [0.2, 0.25) is 11.7 Å². The summed E-state index contributed by atoms with van der Waals surface area (Å²) < 4.78 is 5.31.